The number of ketones is 5. The maximum absolute atomic E-state index is 13.5. The molecule has 2 amide bonds. The normalized spacial score (nSPS) is 24.7. The number of rotatable bonds is 35. The minimum absolute atomic E-state index is 0.0721. The lowest BCUT2D eigenvalue weighted by molar-refractivity contribution is -0.135. The molecule has 0 aliphatic carbocycles. The van der Waals surface area contributed by atoms with Crippen LogP contribution in [0.1, 0.15) is 382 Å². The third-order valence-corrected chi connectivity index (χ3v) is 33.4. The van der Waals surface area contributed by atoms with E-state index < -0.39 is 11.2 Å². The second kappa shape index (κ2) is 55.7. The molecule has 10 aliphatic rings. The fourth-order valence-electron chi connectivity index (χ4n) is 23.4. The molecule has 10 fully saturated rings. The van der Waals surface area contributed by atoms with Crippen LogP contribution >= 0.6 is 0 Å². The van der Waals surface area contributed by atoms with Crippen LogP contribution in [0.25, 0.3) is 0 Å². The van der Waals surface area contributed by atoms with E-state index in [1.165, 1.54) is 51.7 Å². The lowest BCUT2D eigenvalue weighted by Crippen LogP contribution is -2.63. The summed E-state index contributed by atoms with van der Waals surface area (Å²) in [6.45, 7) is 96.0. The highest BCUT2D eigenvalue weighted by molar-refractivity contribution is 5.87. The largest absolute Gasteiger partial charge is 0.444 e. The molecule has 0 saturated carbocycles. The van der Waals surface area contributed by atoms with Gasteiger partial charge in [-0.25, -0.2) is 9.59 Å². The molecule has 0 N–H and O–H groups in total. The lowest BCUT2D eigenvalue weighted by Gasteiger charge is -2.50. The smallest absolute Gasteiger partial charge is 0.410 e. The highest BCUT2D eigenvalue weighted by Crippen LogP contribution is 2.44. The van der Waals surface area contributed by atoms with Crippen LogP contribution in [0.15, 0.2) is 0 Å². The van der Waals surface area contributed by atoms with Gasteiger partial charge in [0.1, 0.15) is 40.1 Å². The Morgan fingerprint density at radius 1 is 0.309 bits per heavy atom. The molecule has 0 radical (unpaired) electrons. The molecule has 0 spiro atoms. The summed E-state index contributed by atoms with van der Waals surface area (Å²) in [6, 6.07) is 4.17. The van der Waals surface area contributed by atoms with Gasteiger partial charge in [-0.1, -0.05) is 82.6 Å². The SMILES string of the molecule is CC(C)CCC(=O)C1(CN2CCCC(C)C2)CCN(C(C)C)CC1.CC(C)CCC(=O)C1(CN2CCCCC2C)CCN(C(C)C)CC1.CC(C)CCC(=O)C1(CN2CCN(C(=O)OC(C)(C)C)C(C)(C)C2)CCN(C(C)C)CC1.CC(C)CCC(=O)C1(CN2CCN(C(=O)OC(C)(C)C)C(C)C2)CCN(C(C)C)CC1.CC(C)CCC(=O)C1(CN2CCN(C)C(C)C2)CCN(C(C)C)CC1. The number of piperazine rings is 3. The van der Waals surface area contributed by atoms with Gasteiger partial charge >= 0.3 is 12.2 Å². The van der Waals surface area contributed by atoms with Crippen LogP contribution < -0.4 is 0 Å². The van der Waals surface area contributed by atoms with Gasteiger partial charge < -0.3 is 53.6 Å². The molecule has 22 heteroatoms. The van der Waals surface area contributed by atoms with Gasteiger partial charge in [-0.05, 0) is 388 Å². The summed E-state index contributed by atoms with van der Waals surface area (Å²) in [4.78, 5) is 123. The van der Waals surface area contributed by atoms with Gasteiger partial charge in [0.25, 0.3) is 0 Å². The second-order valence-corrected chi connectivity index (χ2v) is 51.6. The van der Waals surface area contributed by atoms with Gasteiger partial charge in [0.05, 0.1) is 5.54 Å². The van der Waals surface area contributed by atoms with Gasteiger partial charge in [0.2, 0.25) is 0 Å². The number of carbonyl (C=O) groups is 7. The van der Waals surface area contributed by atoms with Crippen molar-refractivity contribution in [1.82, 2.24) is 63.7 Å². The van der Waals surface area contributed by atoms with Gasteiger partial charge in [-0.2, -0.15) is 0 Å². The van der Waals surface area contributed by atoms with Gasteiger partial charge in [-0.3, -0.25) is 43.6 Å². The number of hydrogen-bond donors (Lipinski definition) is 0. The Bertz CT molecular complexity index is 3500. The Hall–Kier alpha value is -3.55. The van der Waals surface area contributed by atoms with E-state index in [4.69, 9.17) is 9.47 Å². The van der Waals surface area contributed by atoms with Crippen molar-refractivity contribution in [1.29, 1.82) is 0 Å². The van der Waals surface area contributed by atoms with E-state index in [9.17, 15) is 33.6 Å². The van der Waals surface area contributed by atoms with E-state index in [-0.39, 0.29) is 50.8 Å². The zero-order valence-electron chi connectivity index (χ0n) is 94.8. The number of piperidine rings is 7. The number of hydrogen-bond acceptors (Lipinski definition) is 20. The number of likely N-dealkylation sites (N-methyl/N-ethyl adjacent to an activating group) is 1. The summed E-state index contributed by atoms with van der Waals surface area (Å²) in [7, 11) is 2.21. The molecule has 10 rings (SSSR count). The van der Waals surface area contributed by atoms with Crippen molar-refractivity contribution in [3.05, 3.63) is 0 Å². The summed E-state index contributed by atoms with van der Waals surface area (Å²) >= 11 is 0. The van der Waals surface area contributed by atoms with Crippen molar-refractivity contribution in [2.24, 2.45) is 62.6 Å². The first-order valence-electron chi connectivity index (χ1n) is 56.1. The van der Waals surface area contributed by atoms with E-state index in [0.29, 0.717) is 127 Å². The average molecular weight is 1910 g/mol. The van der Waals surface area contributed by atoms with E-state index in [2.05, 4.69) is 241 Å². The Labute approximate surface area is 836 Å². The lowest BCUT2D eigenvalue weighted by atomic mass is 9.72. The maximum atomic E-state index is 13.5. The minimum atomic E-state index is -0.498. The highest BCUT2D eigenvalue weighted by atomic mass is 16.6. The van der Waals surface area contributed by atoms with Crippen LogP contribution in [0.4, 0.5) is 9.59 Å². The van der Waals surface area contributed by atoms with Crippen LogP contribution in [0.3, 0.4) is 0 Å². The van der Waals surface area contributed by atoms with Crippen molar-refractivity contribution in [3.8, 4) is 0 Å². The van der Waals surface area contributed by atoms with E-state index in [1.807, 2.05) is 51.3 Å². The number of ether oxygens (including phenoxy) is 2. The molecule has 0 aromatic heterocycles. The molecule has 0 aromatic rings. The molecule has 0 aromatic carbocycles. The standard InChI is InChI=1S/C26H49N3O3.C25H47N3O3.C21H41N3O.2C21H40N2O/c1-20(2)10-11-22(30)26(12-14-28(15-13-26)21(3)4)19-27-16-17-29(25(8,9)18-27)23(31)32-24(5,6)7;1-19(2)9-10-22(29)25(11-13-27(14-12-25)20(3)4)18-26-15-16-28(21(5)17-26)23(30)31-24(6,7)8;1-17(2)7-8-20(25)21(9-11-24(12-10-21)18(3)4)16-23-14-13-22(6)19(5)15-23;1-17(2)8-9-20(24)21(10-13-23(14-11-21)18(3)4)16-22-12-6-7-19(5)15-22;1-17(2)9-10-20(24)21(11-14-22(15-12-21)18(3)4)16-23-13-7-6-8-19(23)5/h20-21H,10-19H2,1-9H3;19-21H,9-18H2,1-8H3;17-19H,7-16H2,1-6H3;2*17-19H,6-16H2,1-5H3. The number of likely N-dealkylation sites (tertiary alicyclic amines) is 7. The third kappa shape index (κ3) is 38.8. The first-order chi connectivity index (χ1) is 63.4. The zero-order chi connectivity index (χ0) is 102. The number of Topliss-reactive ketones (excluding diaryl/α,β-unsaturated/α-hetero) is 5. The molecule has 136 heavy (non-hydrogen) atoms. The first-order valence-corrected chi connectivity index (χ1v) is 56.1. The summed E-state index contributed by atoms with van der Waals surface area (Å²) in [5.41, 5.74) is -2.06. The maximum Gasteiger partial charge on any atom is 0.410 e. The molecule has 10 aliphatic heterocycles. The average Bonchev–Trinajstić information content (AvgIpc) is 0.769. The number of amides is 2. The molecule has 22 nitrogen and oxygen atoms in total. The van der Waals surface area contributed by atoms with Crippen LogP contribution in [0, 0.1) is 62.6 Å². The third-order valence-electron chi connectivity index (χ3n) is 33.4. The molecule has 4 atom stereocenters. The van der Waals surface area contributed by atoms with Crippen molar-refractivity contribution in [2.75, 3.05) is 184 Å². The topological polar surface area (TPSA) is 180 Å². The zero-order valence-corrected chi connectivity index (χ0v) is 94.8. The van der Waals surface area contributed by atoms with Crippen molar-refractivity contribution < 1.29 is 43.0 Å². The van der Waals surface area contributed by atoms with Crippen LogP contribution in [0.5, 0.6) is 0 Å². The summed E-state index contributed by atoms with van der Waals surface area (Å²) in [6.07, 6.45) is 25.0. The molecule has 0 bridgehead atoms. The van der Waals surface area contributed by atoms with Crippen LogP contribution in [0.2, 0.25) is 0 Å². The fraction of sp³-hybridized carbons (Fsp3) is 0.939. The highest BCUT2D eigenvalue weighted by Gasteiger charge is 2.51. The predicted octanol–water partition coefficient (Wildman–Crippen LogP) is 20.9. The Kier molecular flexibility index (Phi) is 49.6. The summed E-state index contributed by atoms with van der Waals surface area (Å²) < 4.78 is 11.2. The molecule has 4 unspecified atom stereocenters. The Morgan fingerprint density at radius 3 is 0.890 bits per heavy atom. The van der Waals surface area contributed by atoms with Gasteiger partial charge in [0, 0.05) is 206 Å². The van der Waals surface area contributed by atoms with Gasteiger partial charge in [-0.15, -0.1) is 0 Å². The first kappa shape index (κ1) is 121. The molecule has 10 heterocycles. The fourth-order valence-corrected chi connectivity index (χ4v) is 23.4. The second-order valence-electron chi connectivity index (χ2n) is 51.6. The number of carbonyl (C=O) groups excluding carboxylic acids is 7. The predicted molar refractivity (Wildman–Crippen MR) is 568 cm³/mol. The quantitative estimate of drug-likeness (QED) is 0.0584. The monoisotopic (exact) mass is 1910 g/mol. The van der Waals surface area contributed by atoms with E-state index in [1.54, 1.807) is 0 Å². The Balaban J connectivity index is 0.000000262. The number of nitrogens with zero attached hydrogens (tertiary/aromatic N) is 13. The van der Waals surface area contributed by atoms with E-state index >= 15 is 0 Å². The Morgan fingerprint density at radius 2 is 0.603 bits per heavy atom. The minimum Gasteiger partial charge on any atom is -0.444 e. The van der Waals surface area contributed by atoms with Crippen molar-refractivity contribution >= 4 is 41.1 Å². The van der Waals surface area contributed by atoms with E-state index in [0.717, 1.165) is 265 Å². The molecule has 10 saturated heterocycles. The van der Waals surface area contributed by atoms with Crippen molar-refractivity contribution in [3.63, 3.8) is 0 Å². The summed E-state index contributed by atoms with van der Waals surface area (Å²) in [5, 5.41) is 0. The van der Waals surface area contributed by atoms with Crippen LogP contribution in [-0.2, 0) is 33.4 Å². The molecular formula is C114H217N13O9. The van der Waals surface area contributed by atoms with Gasteiger partial charge in [0.15, 0.2) is 0 Å². The molecular weight excluding hydrogens is 1700 g/mol. The van der Waals surface area contributed by atoms with Crippen LogP contribution in [-0.4, -0.2) is 354 Å². The molecule has 792 valence electrons. The summed E-state index contributed by atoms with van der Waals surface area (Å²) in [5.74, 6) is 6.28. The van der Waals surface area contributed by atoms with Crippen molar-refractivity contribution in [2.45, 2.75) is 447 Å².